The van der Waals surface area contributed by atoms with Crippen LogP contribution in [0.5, 0.6) is 0 Å². The highest BCUT2D eigenvalue weighted by molar-refractivity contribution is 6.18. The van der Waals surface area contributed by atoms with E-state index in [1.165, 1.54) is 4.90 Å². The fourth-order valence-corrected chi connectivity index (χ4v) is 1.19. The zero-order chi connectivity index (χ0) is 12.9. The number of hydrogen-bond acceptors (Lipinski definition) is 3. The Morgan fingerprint density at radius 1 is 1.44 bits per heavy atom. The topological polar surface area (TPSA) is 49.8 Å². The van der Waals surface area contributed by atoms with Crippen molar-refractivity contribution in [2.45, 2.75) is 52.4 Å². The van der Waals surface area contributed by atoms with Gasteiger partial charge < -0.3 is 14.7 Å². The second-order valence-electron chi connectivity index (χ2n) is 5.03. The van der Waals surface area contributed by atoms with Crippen LogP contribution >= 0.6 is 11.6 Å². The van der Waals surface area contributed by atoms with Gasteiger partial charge in [0.15, 0.2) is 0 Å². The molecule has 96 valence electrons. The van der Waals surface area contributed by atoms with Gasteiger partial charge in [0.1, 0.15) is 5.60 Å². The van der Waals surface area contributed by atoms with Crippen molar-refractivity contribution in [2.24, 2.45) is 0 Å². The Bertz CT molecular complexity index is 226. The molecule has 0 heterocycles. The summed E-state index contributed by atoms with van der Waals surface area (Å²) in [5, 5.41) is 9.44. The molecule has 0 rings (SSSR count). The zero-order valence-electron chi connectivity index (χ0n) is 10.7. The Labute approximate surface area is 103 Å². The SMILES string of the molecule is CC(C)N(CC(O)CCl)C(=O)OC(C)(C)C. The van der Waals surface area contributed by atoms with Crippen molar-refractivity contribution in [3.05, 3.63) is 0 Å². The van der Waals surface area contributed by atoms with E-state index in [9.17, 15) is 9.90 Å². The number of amides is 1. The average Bonchev–Trinajstić information content (AvgIpc) is 2.09. The van der Waals surface area contributed by atoms with E-state index < -0.39 is 17.8 Å². The van der Waals surface area contributed by atoms with E-state index in [-0.39, 0.29) is 18.5 Å². The fourth-order valence-electron chi connectivity index (χ4n) is 1.09. The lowest BCUT2D eigenvalue weighted by Crippen LogP contribution is -2.45. The average molecular weight is 252 g/mol. The Kier molecular flexibility index (Phi) is 6.11. The predicted molar refractivity (Wildman–Crippen MR) is 64.8 cm³/mol. The summed E-state index contributed by atoms with van der Waals surface area (Å²) in [6.45, 7) is 9.34. The Balaban J connectivity index is 4.48. The van der Waals surface area contributed by atoms with Crippen LogP contribution in [0.4, 0.5) is 4.79 Å². The number of nitrogens with zero attached hydrogens (tertiary/aromatic N) is 1. The number of alkyl halides is 1. The minimum atomic E-state index is -0.725. The number of halogens is 1. The number of ether oxygens (including phenoxy) is 1. The Morgan fingerprint density at radius 2 is 1.94 bits per heavy atom. The molecule has 0 aromatic carbocycles. The molecule has 16 heavy (non-hydrogen) atoms. The maximum absolute atomic E-state index is 11.8. The third-order valence-electron chi connectivity index (χ3n) is 1.84. The van der Waals surface area contributed by atoms with E-state index in [2.05, 4.69) is 0 Å². The third-order valence-corrected chi connectivity index (χ3v) is 2.19. The summed E-state index contributed by atoms with van der Waals surface area (Å²) in [6, 6.07) is -0.0345. The molecular weight excluding hydrogens is 230 g/mol. The van der Waals surface area contributed by atoms with Crippen molar-refractivity contribution in [2.75, 3.05) is 12.4 Å². The monoisotopic (exact) mass is 251 g/mol. The lowest BCUT2D eigenvalue weighted by atomic mass is 10.2. The molecule has 0 aromatic heterocycles. The number of rotatable bonds is 4. The number of carbonyl (C=O) groups is 1. The molecule has 1 N–H and O–H groups in total. The number of hydrogen-bond donors (Lipinski definition) is 1. The highest BCUT2D eigenvalue weighted by Crippen LogP contribution is 2.12. The smallest absolute Gasteiger partial charge is 0.410 e. The van der Waals surface area contributed by atoms with Crippen LogP contribution in [0.15, 0.2) is 0 Å². The van der Waals surface area contributed by atoms with E-state index in [4.69, 9.17) is 16.3 Å². The third kappa shape index (κ3) is 6.18. The molecule has 0 aliphatic carbocycles. The largest absolute Gasteiger partial charge is 0.444 e. The first-order valence-electron chi connectivity index (χ1n) is 5.41. The van der Waals surface area contributed by atoms with Gasteiger partial charge >= 0.3 is 6.09 Å². The van der Waals surface area contributed by atoms with Crippen LogP contribution < -0.4 is 0 Å². The molecule has 5 heteroatoms. The zero-order valence-corrected chi connectivity index (χ0v) is 11.4. The summed E-state index contributed by atoms with van der Waals surface area (Å²) < 4.78 is 5.24. The van der Waals surface area contributed by atoms with E-state index in [1.807, 2.05) is 13.8 Å². The second-order valence-corrected chi connectivity index (χ2v) is 5.34. The number of aliphatic hydroxyl groups excluding tert-OH is 1. The van der Waals surface area contributed by atoms with Crippen LogP contribution in [0, 0.1) is 0 Å². The van der Waals surface area contributed by atoms with E-state index >= 15 is 0 Å². The van der Waals surface area contributed by atoms with Gasteiger partial charge in [-0.15, -0.1) is 11.6 Å². The van der Waals surface area contributed by atoms with Crippen LogP contribution in [0.2, 0.25) is 0 Å². The summed E-state index contributed by atoms with van der Waals surface area (Å²) in [5.74, 6) is 0.103. The van der Waals surface area contributed by atoms with Crippen molar-refractivity contribution >= 4 is 17.7 Å². The molecular formula is C11H22ClNO3. The van der Waals surface area contributed by atoms with Crippen LogP contribution in [0.25, 0.3) is 0 Å². The van der Waals surface area contributed by atoms with Gasteiger partial charge in [-0.1, -0.05) is 0 Å². The van der Waals surface area contributed by atoms with E-state index in [1.54, 1.807) is 20.8 Å². The summed E-state index contributed by atoms with van der Waals surface area (Å²) in [7, 11) is 0. The molecule has 1 unspecified atom stereocenters. The van der Waals surface area contributed by atoms with Crippen LogP contribution in [-0.2, 0) is 4.74 Å². The van der Waals surface area contributed by atoms with Gasteiger partial charge in [0.2, 0.25) is 0 Å². The molecule has 0 bridgehead atoms. The van der Waals surface area contributed by atoms with Crippen LogP contribution in [-0.4, -0.2) is 46.3 Å². The molecule has 0 saturated heterocycles. The minimum absolute atomic E-state index is 0.0345. The molecule has 0 radical (unpaired) electrons. The van der Waals surface area contributed by atoms with Crippen molar-refractivity contribution in [3.63, 3.8) is 0 Å². The summed E-state index contributed by atoms with van der Waals surface area (Å²) >= 11 is 5.51. The van der Waals surface area contributed by atoms with Gasteiger partial charge in [-0.2, -0.15) is 0 Å². The maximum Gasteiger partial charge on any atom is 0.410 e. The molecule has 4 nitrogen and oxygen atoms in total. The Hall–Kier alpha value is -0.480. The Morgan fingerprint density at radius 3 is 2.25 bits per heavy atom. The van der Waals surface area contributed by atoms with Gasteiger partial charge in [-0.25, -0.2) is 4.79 Å². The van der Waals surface area contributed by atoms with Crippen molar-refractivity contribution < 1.29 is 14.6 Å². The molecule has 0 saturated carbocycles. The lowest BCUT2D eigenvalue weighted by Gasteiger charge is -2.31. The first kappa shape index (κ1) is 15.5. The van der Waals surface area contributed by atoms with E-state index in [0.717, 1.165) is 0 Å². The lowest BCUT2D eigenvalue weighted by molar-refractivity contribution is 0.00951. The molecule has 0 aliphatic heterocycles. The van der Waals surface area contributed by atoms with Gasteiger partial charge in [0.05, 0.1) is 18.5 Å². The van der Waals surface area contributed by atoms with Crippen LogP contribution in [0.3, 0.4) is 0 Å². The van der Waals surface area contributed by atoms with Gasteiger partial charge in [-0.3, -0.25) is 0 Å². The molecule has 1 amide bonds. The van der Waals surface area contributed by atoms with Crippen molar-refractivity contribution in [1.82, 2.24) is 4.90 Å². The number of carbonyl (C=O) groups excluding carboxylic acids is 1. The van der Waals surface area contributed by atoms with Crippen LogP contribution in [0.1, 0.15) is 34.6 Å². The minimum Gasteiger partial charge on any atom is -0.444 e. The molecule has 0 fully saturated rings. The van der Waals surface area contributed by atoms with Gasteiger partial charge in [0.25, 0.3) is 0 Å². The van der Waals surface area contributed by atoms with Crippen molar-refractivity contribution in [3.8, 4) is 0 Å². The summed E-state index contributed by atoms with van der Waals surface area (Å²) in [5.41, 5.74) is -0.532. The summed E-state index contributed by atoms with van der Waals surface area (Å²) in [6.07, 6.45) is -1.15. The quantitative estimate of drug-likeness (QED) is 0.780. The van der Waals surface area contributed by atoms with E-state index in [0.29, 0.717) is 0 Å². The normalized spacial score (nSPS) is 13.8. The summed E-state index contributed by atoms with van der Waals surface area (Å²) in [4.78, 5) is 13.3. The molecule has 0 aromatic rings. The van der Waals surface area contributed by atoms with Crippen molar-refractivity contribution in [1.29, 1.82) is 0 Å². The molecule has 0 spiro atoms. The standard InChI is InChI=1S/C11H22ClNO3/c1-8(2)13(7-9(14)6-12)10(15)16-11(3,4)5/h8-9,14H,6-7H2,1-5H3. The van der Waals surface area contributed by atoms with Gasteiger partial charge in [-0.05, 0) is 34.6 Å². The highest BCUT2D eigenvalue weighted by Gasteiger charge is 2.25. The first-order valence-corrected chi connectivity index (χ1v) is 5.94. The maximum atomic E-state index is 11.8. The molecule has 1 atom stereocenters. The molecule has 0 aliphatic rings. The van der Waals surface area contributed by atoms with Gasteiger partial charge in [0, 0.05) is 6.04 Å². The highest BCUT2D eigenvalue weighted by atomic mass is 35.5. The fraction of sp³-hybridized carbons (Fsp3) is 0.909. The second kappa shape index (κ2) is 6.30. The predicted octanol–water partition coefficient (Wildman–Crippen LogP) is 2.23. The number of aliphatic hydroxyl groups is 1. The first-order chi connectivity index (χ1) is 7.17.